The maximum atomic E-state index is 12.0. The Morgan fingerprint density at radius 3 is 2.83 bits per heavy atom. The van der Waals surface area contributed by atoms with Crippen molar-refractivity contribution < 1.29 is 4.79 Å². The van der Waals surface area contributed by atoms with Gasteiger partial charge in [0.1, 0.15) is 0 Å². The van der Waals surface area contributed by atoms with Crippen molar-refractivity contribution in [2.45, 2.75) is 40.0 Å². The molecule has 0 aliphatic heterocycles. The molecule has 8 heteroatoms. The van der Waals surface area contributed by atoms with Crippen LogP contribution in [0.4, 0.5) is 0 Å². The van der Waals surface area contributed by atoms with Gasteiger partial charge in [-0.3, -0.25) is 14.6 Å². The van der Waals surface area contributed by atoms with E-state index in [2.05, 4.69) is 20.4 Å². The van der Waals surface area contributed by atoms with Crippen LogP contribution in [-0.2, 0) is 17.6 Å². The molecule has 130 valence electrons. The first-order chi connectivity index (χ1) is 11.5. The van der Waals surface area contributed by atoms with Gasteiger partial charge in [0, 0.05) is 29.6 Å². The van der Waals surface area contributed by atoms with E-state index in [-0.39, 0.29) is 17.9 Å². The van der Waals surface area contributed by atoms with Crippen LogP contribution in [-0.4, -0.2) is 38.7 Å². The Morgan fingerprint density at radius 1 is 1.42 bits per heavy atom. The molecule has 2 aromatic rings. The third kappa shape index (κ3) is 4.08. The quantitative estimate of drug-likeness (QED) is 0.623. The van der Waals surface area contributed by atoms with Crippen LogP contribution in [0.5, 0.6) is 0 Å². The number of carbonyl (C=O) groups excluding carboxylic acids is 1. The number of nitrogens with zero attached hydrogens (tertiary/aromatic N) is 3. The lowest BCUT2D eigenvalue weighted by atomic mass is 10.1. The molecule has 0 fully saturated rings. The lowest BCUT2D eigenvalue weighted by Crippen LogP contribution is -2.27. The van der Waals surface area contributed by atoms with Gasteiger partial charge in [0.2, 0.25) is 11.9 Å². The van der Waals surface area contributed by atoms with Crippen LogP contribution in [0.15, 0.2) is 10.9 Å². The van der Waals surface area contributed by atoms with E-state index in [0.29, 0.717) is 31.2 Å². The minimum atomic E-state index is -0.217. The van der Waals surface area contributed by atoms with E-state index in [0.717, 1.165) is 23.4 Å². The second-order valence-corrected chi connectivity index (χ2v) is 5.64. The third-order valence-corrected chi connectivity index (χ3v) is 3.83. The predicted molar refractivity (Wildman–Crippen MR) is 91.2 cm³/mol. The average molecular weight is 332 g/mol. The zero-order valence-electron chi connectivity index (χ0n) is 14.3. The molecule has 0 bridgehead atoms. The number of nitrogens with two attached hydrogens (primary N) is 1. The molecule has 8 nitrogen and oxygen atoms in total. The van der Waals surface area contributed by atoms with E-state index in [9.17, 15) is 9.59 Å². The van der Waals surface area contributed by atoms with Crippen molar-refractivity contribution in [3.63, 3.8) is 0 Å². The van der Waals surface area contributed by atoms with Gasteiger partial charge in [-0.2, -0.15) is 5.10 Å². The Bertz CT molecular complexity index is 777. The van der Waals surface area contributed by atoms with Gasteiger partial charge in [-0.05, 0) is 33.2 Å². The number of rotatable bonds is 7. The molecule has 4 N–H and O–H groups in total. The highest BCUT2D eigenvalue weighted by molar-refractivity contribution is 5.79. The minimum Gasteiger partial charge on any atom is -0.356 e. The summed E-state index contributed by atoms with van der Waals surface area (Å²) in [5.41, 5.74) is 8.27. The standard InChI is InChI=1S/C16H24N6O2/c1-4-12-8-15(24)20-16(19-12)22-11(3)13(10(2)21-22)9-14(23)18-7-5-6-17/h8H,4-7,9,17H2,1-3H3,(H,18,23)(H,19,20,24). The van der Waals surface area contributed by atoms with E-state index in [1.807, 2.05) is 20.8 Å². The molecule has 0 aliphatic carbocycles. The molecular formula is C16H24N6O2. The zero-order chi connectivity index (χ0) is 17.7. The van der Waals surface area contributed by atoms with Crippen LogP contribution in [0.1, 0.15) is 36.0 Å². The third-order valence-electron chi connectivity index (χ3n) is 3.83. The first kappa shape index (κ1) is 17.9. The smallest absolute Gasteiger partial charge is 0.252 e. The second kappa shape index (κ2) is 7.87. The summed E-state index contributed by atoms with van der Waals surface area (Å²) in [5, 5.41) is 7.26. The topological polar surface area (TPSA) is 119 Å². The SMILES string of the molecule is CCc1cc(=O)[nH]c(-n2nc(C)c(CC(=O)NCCCN)c2C)n1. The summed E-state index contributed by atoms with van der Waals surface area (Å²) in [6, 6.07) is 1.47. The number of amides is 1. The van der Waals surface area contributed by atoms with Gasteiger partial charge in [-0.25, -0.2) is 9.67 Å². The lowest BCUT2D eigenvalue weighted by molar-refractivity contribution is -0.120. The van der Waals surface area contributed by atoms with Crippen molar-refractivity contribution in [2.75, 3.05) is 13.1 Å². The molecule has 0 saturated heterocycles. The number of H-pyrrole nitrogens is 1. The van der Waals surface area contributed by atoms with E-state index in [4.69, 9.17) is 5.73 Å². The second-order valence-electron chi connectivity index (χ2n) is 5.64. The normalized spacial score (nSPS) is 10.8. The van der Waals surface area contributed by atoms with Crippen LogP contribution in [0.2, 0.25) is 0 Å². The monoisotopic (exact) mass is 332 g/mol. The number of nitrogens with one attached hydrogen (secondary N) is 2. The van der Waals surface area contributed by atoms with Gasteiger partial charge in [-0.1, -0.05) is 6.92 Å². The molecule has 2 heterocycles. The summed E-state index contributed by atoms with van der Waals surface area (Å²) < 4.78 is 1.58. The summed E-state index contributed by atoms with van der Waals surface area (Å²) in [4.78, 5) is 30.9. The Balaban J connectivity index is 2.27. The first-order valence-corrected chi connectivity index (χ1v) is 8.08. The van der Waals surface area contributed by atoms with Crippen LogP contribution in [0, 0.1) is 13.8 Å². The number of aromatic nitrogens is 4. The maximum Gasteiger partial charge on any atom is 0.252 e. The van der Waals surface area contributed by atoms with Crippen molar-refractivity contribution in [1.82, 2.24) is 25.1 Å². The molecule has 0 radical (unpaired) electrons. The van der Waals surface area contributed by atoms with E-state index in [1.165, 1.54) is 6.07 Å². The van der Waals surface area contributed by atoms with Crippen molar-refractivity contribution in [3.05, 3.63) is 39.1 Å². The van der Waals surface area contributed by atoms with Crippen LogP contribution >= 0.6 is 0 Å². The van der Waals surface area contributed by atoms with Gasteiger partial charge in [0.15, 0.2) is 0 Å². The van der Waals surface area contributed by atoms with Crippen LogP contribution in [0.25, 0.3) is 5.95 Å². The molecule has 0 spiro atoms. The highest BCUT2D eigenvalue weighted by Crippen LogP contribution is 2.16. The minimum absolute atomic E-state index is 0.0713. The van der Waals surface area contributed by atoms with Gasteiger partial charge in [0.25, 0.3) is 5.56 Å². The molecule has 2 rings (SSSR count). The van der Waals surface area contributed by atoms with Crippen molar-refractivity contribution in [2.24, 2.45) is 5.73 Å². The molecular weight excluding hydrogens is 308 g/mol. The summed E-state index contributed by atoms with van der Waals surface area (Å²) in [7, 11) is 0. The summed E-state index contributed by atoms with van der Waals surface area (Å²) in [6.45, 7) is 6.75. The van der Waals surface area contributed by atoms with Gasteiger partial charge < -0.3 is 11.1 Å². The van der Waals surface area contributed by atoms with Crippen LogP contribution < -0.4 is 16.6 Å². The fourth-order valence-corrected chi connectivity index (χ4v) is 2.47. The summed E-state index contributed by atoms with van der Waals surface area (Å²) >= 11 is 0. The van der Waals surface area contributed by atoms with E-state index >= 15 is 0 Å². The molecule has 2 aromatic heterocycles. The maximum absolute atomic E-state index is 12.0. The summed E-state index contributed by atoms with van der Waals surface area (Å²) in [6.07, 6.45) is 1.64. The van der Waals surface area contributed by atoms with E-state index in [1.54, 1.807) is 4.68 Å². The molecule has 0 atom stereocenters. The van der Waals surface area contributed by atoms with Crippen molar-refractivity contribution >= 4 is 5.91 Å². The summed E-state index contributed by atoms with van der Waals surface area (Å²) in [5.74, 6) is 0.299. The highest BCUT2D eigenvalue weighted by Gasteiger charge is 2.17. The predicted octanol–water partition coefficient (Wildman–Crippen LogP) is 0.142. The number of aryl methyl sites for hydroxylation is 2. The van der Waals surface area contributed by atoms with Crippen molar-refractivity contribution in [3.8, 4) is 5.95 Å². The number of carbonyl (C=O) groups is 1. The van der Waals surface area contributed by atoms with Gasteiger partial charge in [0.05, 0.1) is 12.1 Å². The fraction of sp³-hybridized carbons (Fsp3) is 0.500. The first-order valence-electron chi connectivity index (χ1n) is 8.08. The molecule has 0 saturated carbocycles. The largest absolute Gasteiger partial charge is 0.356 e. The lowest BCUT2D eigenvalue weighted by Gasteiger charge is -2.06. The zero-order valence-corrected chi connectivity index (χ0v) is 14.3. The number of hydrogen-bond donors (Lipinski definition) is 3. The number of hydrogen-bond acceptors (Lipinski definition) is 5. The Labute approximate surface area is 140 Å². The Kier molecular flexibility index (Phi) is 5.86. The fourth-order valence-electron chi connectivity index (χ4n) is 2.47. The Morgan fingerprint density at radius 2 is 2.17 bits per heavy atom. The van der Waals surface area contributed by atoms with E-state index < -0.39 is 0 Å². The molecule has 1 amide bonds. The Hall–Kier alpha value is -2.48. The van der Waals surface area contributed by atoms with Gasteiger partial charge in [-0.15, -0.1) is 0 Å². The highest BCUT2D eigenvalue weighted by atomic mass is 16.1. The van der Waals surface area contributed by atoms with Crippen LogP contribution in [0.3, 0.4) is 0 Å². The number of aromatic amines is 1. The molecule has 0 aliphatic rings. The van der Waals surface area contributed by atoms with Crippen molar-refractivity contribution in [1.29, 1.82) is 0 Å². The molecule has 0 unspecified atom stereocenters. The average Bonchev–Trinajstić information content (AvgIpc) is 2.82. The molecule has 0 aromatic carbocycles. The van der Waals surface area contributed by atoms with Gasteiger partial charge >= 0.3 is 0 Å². The molecule has 24 heavy (non-hydrogen) atoms.